The van der Waals surface area contributed by atoms with Gasteiger partial charge in [-0.25, -0.2) is 0 Å². The van der Waals surface area contributed by atoms with Gasteiger partial charge in [-0.15, -0.1) is 0 Å². The number of fused-ring (bicyclic) bond motifs is 3. The zero-order valence-electron chi connectivity index (χ0n) is 29.0. The fourth-order valence-corrected chi connectivity index (χ4v) is 22.2. The Hall–Kier alpha value is -2.12. The molecule has 0 spiro atoms. The van der Waals surface area contributed by atoms with E-state index in [4.69, 9.17) is 0 Å². The average Bonchev–Trinajstić information content (AvgIpc) is 3.57. The van der Waals surface area contributed by atoms with E-state index in [9.17, 15) is 0 Å². The van der Waals surface area contributed by atoms with Crippen LogP contribution in [0.2, 0.25) is 3.67 Å². The summed E-state index contributed by atoms with van der Waals surface area (Å²) in [5, 5.41) is 0. The van der Waals surface area contributed by atoms with Crippen molar-refractivity contribution in [1.29, 1.82) is 0 Å². The van der Waals surface area contributed by atoms with Gasteiger partial charge in [-0.05, 0) is 0 Å². The van der Waals surface area contributed by atoms with E-state index in [-0.39, 0.29) is 10.8 Å². The van der Waals surface area contributed by atoms with E-state index in [1.165, 1.54) is 52.6 Å². The number of hydrogen-bond acceptors (Lipinski definition) is 0. The van der Waals surface area contributed by atoms with E-state index >= 15 is 0 Å². The van der Waals surface area contributed by atoms with Gasteiger partial charge in [0.05, 0.1) is 0 Å². The van der Waals surface area contributed by atoms with Crippen molar-refractivity contribution in [2.75, 3.05) is 0 Å². The molecule has 0 N–H and O–H groups in total. The van der Waals surface area contributed by atoms with Crippen LogP contribution in [0.1, 0.15) is 143 Å². The monoisotopic (exact) mass is 750 g/mol. The van der Waals surface area contributed by atoms with Crippen LogP contribution in [-0.4, -0.2) is 3.26 Å². The maximum atomic E-state index is 2.65. The molecule has 0 radical (unpaired) electrons. The summed E-state index contributed by atoms with van der Waals surface area (Å²) in [6.07, 6.45) is 14.0. The summed E-state index contributed by atoms with van der Waals surface area (Å²) >= 11 is -2.79. The van der Waals surface area contributed by atoms with Crippen molar-refractivity contribution in [3.05, 3.63) is 118 Å². The molecular formula is C43H54Hf. The SMILES string of the molecule is CC(C)c1cc([C](C2CCC2)=[Hf]([CH]2C=CC=C2)[CH]2c3cc(C(C)(C)C)ccc3-c3ccc(C(C)(C)C)cc32)cc(C(C)C)c1. The molecule has 0 saturated heterocycles. The molecular weight excluding hydrogens is 695 g/mol. The Morgan fingerprint density at radius 3 is 1.52 bits per heavy atom. The third-order valence-electron chi connectivity index (χ3n) is 10.6. The predicted octanol–water partition coefficient (Wildman–Crippen LogP) is 12.2. The summed E-state index contributed by atoms with van der Waals surface area (Å²) in [5.41, 5.74) is 14.1. The van der Waals surface area contributed by atoms with Gasteiger partial charge in [-0.1, -0.05) is 0 Å². The van der Waals surface area contributed by atoms with Gasteiger partial charge in [-0.3, -0.25) is 0 Å². The molecule has 230 valence electrons. The van der Waals surface area contributed by atoms with Gasteiger partial charge in [0.15, 0.2) is 0 Å². The van der Waals surface area contributed by atoms with Crippen molar-refractivity contribution in [2.45, 2.75) is 119 Å². The molecule has 0 unspecified atom stereocenters. The van der Waals surface area contributed by atoms with Gasteiger partial charge in [0, 0.05) is 0 Å². The van der Waals surface area contributed by atoms with Crippen LogP contribution in [0, 0.1) is 5.92 Å². The first kappa shape index (κ1) is 31.8. The van der Waals surface area contributed by atoms with E-state index < -0.39 is 21.0 Å². The first-order chi connectivity index (χ1) is 20.7. The van der Waals surface area contributed by atoms with Gasteiger partial charge < -0.3 is 0 Å². The molecule has 0 aromatic heterocycles. The van der Waals surface area contributed by atoms with Crippen LogP contribution in [-0.2, 0) is 31.8 Å². The first-order valence-corrected chi connectivity index (χ1v) is 23.2. The van der Waals surface area contributed by atoms with Crippen molar-refractivity contribution < 1.29 is 21.0 Å². The predicted molar refractivity (Wildman–Crippen MR) is 189 cm³/mol. The molecule has 0 amide bonds. The van der Waals surface area contributed by atoms with E-state index in [0.717, 1.165) is 5.92 Å². The van der Waals surface area contributed by atoms with Crippen molar-refractivity contribution >= 4 is 3.26 Å². The molecule has 1 saturated carbocycles. The van der Waals surface area contributed by atoms with E-state index in [1.807, 2.05) is 3.26 Å². The third kappa shape index (κ3) is 5.92. The molecule has 0 nitrogen and oxygen atoms in total. The Labute approximate surface area is 276 Å². The second-order valence-corrected chi connectivity index (χ2v) is 26.2. The van der Waals surface area contributed by atoms with E-state index in [2.05, 4.69) is 148 Å². The second kappa shape index (κ2) is 11.9. The number of benzene rings is 3. The Kier molecular flexibility index (Phi) is 8.62. The molecule has 0 heterocycles. The van der Waals surface area contributed by atoms with Gasteiger partial charge in [0.1, 0.15) is 0 Å². The topological polar surface area (TPSA) is 0 Å². The van der Waals surface area contributed by atoms with Gasteiger partial charge >= 0.3 is 278 Å². The minimum atomic E-state index is -2.79. The Morgan fingerprint density at radius 1 is 0.659 bits per heavy atom. The molecule has 6 rings (SSSR count). The van der Waals surface area contributed by atoms with Crippen LogP contribution in [0.15, 0.2) is 78.9 Å². The van der Waals surface area contributed by atoms with E-state index in [0.29, 0.717) is 19.2 Å². The summed E-state index contributed by atoms with van der Waals surface area (Å²) in [6, 6.07) is 22.8. The Morgan fingerprint density at radius 2 is 1.14 bits per heavy atom. The number of allylic oxidation sites excluding steroid dienone is 4. The first-order valence-electron chi connectivity index (χ1n) is 17.3. The number of hydrogen-bond donors (Lipinski definition) is 0. The molecule has 3 aliphatic carbocycles. The van der Waals surface area contributed by atoms with Crippen LogP contribution in [0.5, 0.6) is 0 Å². The van der Waals surface area contributed by atoms with E-state index in [1.54, 1.807) is 16.7 Å². The molecule has 0 bridgehead atoms. The van der Waals surface area contributed by atoms with Crippen LogP contribution in [0.4, 0.5) is 0 Å². The van der Waals surface area contributed by atoms with Gasteiger partial charge in [0.25, 0.3) is 0 Å². The molecule has 0 atom stereocenters. The zero-order valence-corrected chi connectivity index (χ0v) is 32.6. The van der Waals surface area contributed by atoms with Crippen LogP contribution in [0.3, 0.4) is 0 Å². The van der Waals surface area contributed by atoms with Crippen molar-refractivity contribution in [2.24, 2.45) is 5.92 Å². The zero-order chi connectivity index (χ0) is 31.6. The summed E-state index contributed by atoms with van der Waals surface area (Å²) in [4.78, 5) is 0. The third-order valence-corrected chi connectivity index (χ3v) is 23.8. The second-order valence-electron chi connectivity index (χ2n) is 16.5. The van der Waals surface area contributed by atoms with Crippen LogP contribution in [0.25, 0.3) is 11.1 Å². The molecule has 3 aliphatic rings. The van der Waals surface area contributed by atoms with Crippen molar-refractivity contribution in [3.8, 4) is 11.1 Å². The number of rotatable bonds is 6. The molecule has 1 fully saturated rings. The quantitative estimate of drug-likeness (QED) is 0.220. The molecule has 3 aromatic carbocycles. The summed E-state index contributed by atoms with van der Waals surface area (Å²) < 4.78 is 3.06. The fraction of sp³-hybridized carbons (Fsp3) is 0.465. The molecule has 3 aromatic rings. The fourth-order valence-electron chi connectivity index (χ4n) is 7.53. The maximum absolute atomic E-state index is 2.79. The molecule has 1 heteroatoms. The van der Waals surface area contributed by atoms with Crippen LogP contribution < -0.4 is 0 Å². The van der Waals surface area contributed by atoms with Gasteiger partial charge in [0.2, 0.25) is 0 Å². The standard InChI is InChI=1S/C21H25.C17H24.C5H5.Hf/c1-20(2,3)16-7-9-18-14(12-16)11-15-13-17(21(4,5)6)8-10-19(15)18;1-12(2)16-9-15(8-14-6-5-7-14)10-17(11-16)13(3)4;1-2-4-5-3-1;/h7-13H,1-6H3;9-14H,5-7H2,1-4H3;1-5H;. The van der Waals surface area contributed by atoms with Crippen molar-refractivity contribution in [1.82, 2.24) is 0 Å². The summed E-state index contributed by atoms with van der Waals surface area (Å²) in [5.74, 6) is 1.81. The minimum absolute atomic E-state index is 0.127. The molecule has 44 heavy (non-hydrogen) atoms. The molecule has 0 aliphatic heterocycles. The van der Waals surface area contributed by atoms with Crippen LogP contribution >= 0.6 is 0 Å². The van der Waals surface area contributed by atoms with Gasteiger partial charge in [-0.2, -0.15) is 0 Å². The van der Waals surface area contributed by atoms with Crippen molar-refractivity contribution in [3.63, 3.8) is 0 Å². The normalized spacial score (nSPS) is 17.8. The average molecular weight is 749 g/mol. The Balaban J connectivity index is 1.71. The summed E-state index contributed by atoms with van der Waals surface area (Å²) in [6.45, 7) is 23.8. The summed E-state index contributed by atoms with van der Waals surface area (Å²) in [7, 11) is 0. The Bertz CT molecular complexity index is 1550.